The summed E-state index contributed by atoms with van der Waals surface area (Å²) in [4.78, 5) is 11.6. The van der Waals surface area contributed by atoms with E-state index in [0.717, 1.165) is 13.0 Å². The van der Waals surface area contributed by atoms with Gasteiger partial charge in [-0.1, -0.05) is 0 Å². The molecule has 0 radical (unpaired) electrons. The first kappa shape index (κ1) is 14.2. The first-order valence-corrected chi connectivity index (χ1v) is 6.18. The van der Waals surface area contributed by atoms with E-state index in [1.54, 1.807) is 0 Å². The van der Waals surface area contributed by atoms with Gasteiger partial charge in [-0.05, 0) is 46.1 Å². The number of hydrogen-bond acceptors (Lipinski definition) is 3. The molecule has 2 N–H and O–H groups in total. The number of halogens is 1. The summed E-state index contributed by atoms with van der Waals surface area (Å²) in [5, 5.41) is 6.02. The second kappa shape index (κ2) is 6.19. The number of alkyl halides is 1. The summed E-state index contributed by atoms with van der Waals surface area (Å²) in [6.07, 6.45) is 0.974. The molecule has 4 nitrogen and oxygen atoms in total. The van der Waals surface area contributed by atoms with Gasteiger partial charge in [0.25, 0.3) is 0 Å². The first-order valence-electron chi connectivity index (χ1n) is 6.18. The summed E-state index contributed by atoms with van der Waals surface area (Å²) in [5.74, 6) is 0.203. The van der Waals surface area contributed by atoms with Crippen molar-refractivity contribution in [2.75, 3.05) is 19.8 Å². The summed E-state index contributed by atoms with van der Waals surface area (Å²) < 4.78 is 17.6. The van der Waals surface area contributed by atoms with Crippen LogP contribution in [0.5, 0.6) is 0 Å². The third-order valence-corrected chi connectivity index (χ3v) is 2.81. The van der Waals surface area contributed by atoms with Gasteiger partial charge in [-0.15, -0.1) is 0 Å². The lowest BCUT2D eigenvalue weighted by Gasteiger charge is -2.33. The molecule has 100 valence electrons. The maximum Gasteiger partial charge on any atom is 0.407 e. The fourth-order valence-electron chi connectivity index (χ4n) is 2.03. The normalized spacial score (nSPS) is 25.4. The van der Waals surface area contributed by atoms with Gasteiger partial charge in [0.1, 0.15) is 5.60 Å². The van der Waals surface area contributed by atoms with Gasteiger partial charge in [-0.3, -0.25) is 4.39 Å². The average molecular weight is 246 g/mol. The van der Waals surface area contributed by atoms with Crippen molar-refractivity contribution in [1.29, 1.82) is 0 Å². The van der Waals surface area contributed by atoms with E-state index in [1.807, 2.05) is 20.8 Å². The molecule has 1 amide bonds. The molecule has 0 aromatic heterocycles. The molecule has 1 aliphatic heterocycles. The van der Waals surface area contributed by atoms with E-state index in [1.165, 1.54) is 0 Å². The second-order valence-corrected chi connectivity index (χ2v) is 5.48. The molecule has 0 aliphatic carbocycles. The van der Waals surface area contributed by atoms with Crippen LogP contribution in [0.1, 0.15) is 33.6 Å². The topological polar surface area (TPSA) is 50.4 Å². The number of alkyl carbamates (subject to hydrolysis) is 1. The van der Waals surface area contributed by atoms with Crippen molar-refractivity contribution in [1.82, 2.24) is 10.6 Å². The Morgan fingerprint density at radius 1 is 1.53 bits per heavy atom. The van der Waals surface area contributed by atoms with Gasteiger partial charge in [0.15, 0.2) is 0 Å². The summed E-state index contributed by atoms with van der Waals surface area (Å²) in [5.41, 5.74) is -0.498. The maximum absolute atomic E-state index is 12.4. The molecule has 1 heterocycles. The molecule has 0 aromatic rings. The van der Waals surface area contributed by atoms with Crippen LogP contribution < -0.4 is 10.6 Å². The number of carbonyl (C=O) groups is 1. The quantitative estimate of drug-likeness (QED) is 0.799. The molecule has 0 spiro atoms. The van der Waals surface area contributed by atoms with Crippen LogP contribution in [-0.4, -0.2) is 37.5 Å². The van der Waals surface area contributed by atoms with Crippen molar-refractivity contribution in [3.63, 3.8) is 0 Å². The van der Waals surface area contributed by atoms with Crippen LogP contribution >= 0.6 is 0 Å². The van der Waals surface area contributed by atoms with E-state index in [4.69, 9.17) is 4.74 Å². The van der Waals surface area contributed by atoms with Crippen molar-refractivity contribution in [2.24, 2.45) is 5.92 Å². The molecule has 1 fully saturated rings. The minimum atomic E-state index is -0.498. The van der Waals surface area contributed by atoms with E-state index >= 15 is 0 Å². The summed E-state index contributed by atoms with van der Waals surface area (Å²) in [6, 6.07) is -0.0330. The minimum absolute atomic E-state index is 0.0330. The predicted molar refractivity (Wildman–Crippen MR) is 64.7 cm³/mol. The Bertz CT molecular complexity index is 251. The number of rotatable bonds is 3. The lowest BCUT2D eigenvalue weighted by atomic mass is 9.90. The Kier molecular flexibility index (Phi) is 5.18. The molecular formula is C12H23FN2O2. The Balaban J connectivity index is 2.44. The number of piperidine rings is 1. The molecule has 0 saturated carbocycles. The third kappa shape index (κ3) is 5.35. The fourth-order valence-corrected chi connectivity index (χ4v) is 2.03. The highest BCUT2D eigenvalue weighted by atomic mass is 19.1. The average Bonchev–Trinajstić information content (AvgIpc) is 2.18. The van der Waals surface area contributed by atoms with Gasteiger partial charge in [-0.25, -0.2) is 4.79 Å². The van der Waals surface area contributed by atoms with Crippen LogP contribution in [0.15, 0.2) is 0 Å². The molecule has 17 heavy (non-hydrogen) atoms. The molecule has 5 heteroatoms. The highest BCUT2D eigenvalue weighted by Crippen LogP contribution is 2.17. The predicted octanol–water partition coefficient (Wildman–Crippen LogP) is 1.85. The maximum atomic E-state index is 12.4. The summed E-state index contributed by atoms with van der Waals surface area (Å²) in [7, 11) is 0. The van der Waals surface area contributed by atoms with Crippen molar-refractivity contribution in [3.05, 3.63) is 0 Å². The molecule has 0 unspecified atom stereocenters. The number of amides is 1. The molecule has 0 bridgehead atoms. The van der Waals surface area contributed by atoms with Crippen molar-refractivity contribution < 1.29 is 13.9 Å². The minimum Gasteiger partial charge on any atom is -0.444 e. The highest BCUT2D eigenvalue weighted by molar-refractivity contribution is 5.68. The zero-order chi connectivity index (χ0) is 12.9. The molecule has 1 aliphatic rings. The van der Waals surface area contributed by atoms with E-state index in [-0.39, 0.29) is 18.6 Å². The lowest BCUT2D eigenvalue weighted by Crippen LogP contribution is -2.52. The molecular weight excluding hydrogens is 223 g/mol. The standard InChI is InChI=1S/C12H23FN2O2/c1-12(2,3)17-11(16)15-10-8-14-7-5-9(10)4-6-13/h9-10,14H,4-8H2,1-3H3,(H,15,16)/t9-,10-/m1/s1. The summed E-state index contributed by atoms with van der Waals surface area (Å²) in [6.45, 7) is 6.71. The third-order valence-electron chi connectivity index (χ3n) is 2.81. The monoisotopic (exact) mass is 246 g/mol. The molecule has 0 aromatic carbocycles. The van der Waals surface area contributed by atoms with Crippen LogP contribution in [0.4, 0.5) is 9.18 Å². The van der Waals surface area contributed by atoms with Gasteiger partial charge in [0, 0.05) is 12.6 Å². The largest absolute Gasteiger partial charge is 0.444 e. The second-order valence-electron chi connectivity index (χ2n) is 5.48. The lowest BCUT2D eigenvalue weighted by molar-refractivity contribution is 0.0471. The van der Waals surface area contributed by atoms with E-state index in [9.17, 15) is 9.18 Å². The molecule has 1 rings (SSSR count). The fraction of sp³-hybridized carbons (Fsp3) is 0.917. The Labute approximate surface area is 102 Å². The molecule has 1 saturated heterocycles. The van der Waals surface area contributed by atoms with E-state index < -0.39 is 11.7 Å². The Morgan fingerprint density at radius 2 is 2.24 bits per heavy atom. The summed E-state index contributed by atoms with van der Waals surface area (Å²) >= 11 is 0. The van der Waals surface area contributed by atoms with E-state index in [0.29, 0.717) is 13.0 Å². The Hall–Kier alpha value is -0.840. The van der Waals surface area contributed by atoms with Gasteiger partial charge in [0.05, 0.1) is 6.67 Å². The van der Waals surface area contributed by atoms with Gasteiger partial charge < -0.3 is 15.4 Å². The smallest absolute Gasteiger partial charge is 0.407 e. The first-order chi connectivity index (χ1) is 7.92. The SMILES string of the molecule is CC(C)(C)OC(=O)N[C@@H]1CNCC[C@H]1CCF. The van der Waals surface area contributed by atoms with Crippen molar-refractivity contribution in [2.45, 2.75) is 45.3 Å². The molecule has 2 atom stereocenters. The van der Waals surface area contributed by atoms with Crippen LogP contribution in [-0.2, 0) is 4.74 Å². The van der Waals surface area contributed by atoms with E-state index in [2.05, 4.69) is 10.6 Å². The number of ether oxygens (including phenoxy) is 1. The zero-order valence-electron chi connectivity index (χ0n) is 10.9. The zero-order valence-corrected chi connectivity index (χ0v) is 10.9. The number of nitrogens with one attached hydrogen (secondary N) is 2. The van der Waals surface area contributed by atoms with Crippen molar-refractivity contribution >= 4 is 6.09 Å². The highest BCUT2D eigenvalue weighted by Gasteiger charge is 2.27. The number of carbonyl (C=O) groups excluding carboxylic acids is 1. The van der Waals surface area contributed by atoms with Crippen molar-refractivity contribution in [3.8, 4) is 0 Å². The number of hydrogen-bond donors (Lipinski definition) is 2. The Morgan fingerprint density at radius 3 is 2.82 bits per heavy atom. The van der Waals surface area contributed by atoms with Crippen LogP contribution in [0.25, 0.3) is 0 Å². The van der Waals surface area contributed by atoms with Crippen LogP contribution in [0, 0.1) is 5.92 Å². The van der Waals surface area contributed by atoms with Gasteiger partial charge in [0.2, 0.25) is 0 Å². The van der Waals surface area contributed by atoms with Crippen LogP contribution in [0.3, 0.4) is 0 Å². The van der Waals surface area contributed by atoms with Crippen LogP contribution in [0.2, 0.25) is 0 Å². The van der Waals surface area contributed by atoms with Gasteiger partial charge in [-0.2, -0.15) is 0 Å². The van der Waals surface area contributed by atoms with Gasteiger partial charge >= 0.3 is 6.09 Å².